The predicted molar refractivity (Wildman–Crippen MR) is 68.3 cm³/mol. The number of benzene rings is 1. The summed E-state index contributed by atoms with van der Waals surface area (Å²) < 4.78 is 2.24. The lowest BCUT2D eigenvalue weighted by atomic mass is 10.1. The van der Waals surface area contributed by atoms with E-state index in [1.165, 1.54) is 16.6 Å². The third-order valence-electron chi connectivity index (χ3n) is 3.14. The predicted octanol–water partition coefficient (Wildman–Crippen LogP) is 2.99. The SMILES string of the molecule is CCn1c(C)cc2cccc(CCC(=O)O)c21. The summed E-state index contributed by atoms with van der Waals surface area (Å²) in [4.78, 5) is 10.7. The van der Waals surface area contributed by atoms with E-state index in [0.717, 1.165) is 12.1 Å². The minimum absolute atomic E-state index is 0.188. The zero-order valence-corrected chi connectivity index (χ0v) is 10.2. The van der Waals surface area contributed by atoms with Gasteiger partial charge in [-0.2, -0.15) is 0 Å². The van der Waals surface area contributed by atoms with E-state index in [1.807, 2.05) is 12.1 Å². The maximum Gasteiger partial charge on any atom is 0.303 e. The van der Waals surface area contributed by atoms with Crippen molar-refractivity contribution in [3.05, 3.63) is 35.5 Å². The summed E-state index contributed by atoms with van der Waals surface area (Å²) in [6, 6.07) is 8.26. The van der Waals surface area contributed by atoms with Crippen LogP contribution in [0.3, 0.4) is 0 Å². The molecular formula is C14H17NO2. The first kappa shape index (κ1) is 11.7. The van der Waals surface area contributed by atoms with E-state index >= 15 is 0 Å². The fourth-order valence-corrected chi connectivity index (χ4v) is 2.39. The van der Waals surface area contributed by atoms with Crippen LogP contribution in [-0.4, -0.2) is 15.6 Å². The summed E-state index contributed by atoms with van der Waals surface area (Å²) in [6.07, 6.45) is 0.781. The molecule has 3 heteroatoms. The highest BCUT2D eigenvalue weighted by Gasteiger charge is 2.09. The number of carbonyl (C=O) groups is 1. The van der Waals surface area contributed by atoms with Gasteiger partial charge >= 0.3 is 5.97 Å². The molecule has 0 unspecified atom stereocenters. The topological polar surface area (TPSA) is 42.2 Å². The van der Waals surface area contributed by atoms with Gasteiger partial charge in [-0.25, -0.2) is 0 Å². The third-order valence-corrected chi connectivity index (χ3v) is 3.14. The summed E-state index contributed by atoms with van der Waals surface area (Å²) in [7, 11) is 0. The molecule has 90 valence electrons. The lowest BCUT2D eigenvalue weighted by Gasteiger charge is -2.08. The normalized spacial score (nSPS) is 10.9. The molecule has 0 aliphatic rings. The molecule has 0 spiro atoms. The monoisotopic (exact) mass is 231 g/mol. The molecule has 0 aliphatic carbocycles. The fraction of sp³-hybridized carbons (Fsp3) is 0.357. The van der Waals surface area contributed by atoms with Gasteiger partial charge in [0, 0.05) is 24.0 Å². The summed E-state index contributed by atoms with van der Waals surface area (Å²) in [5.41, 5.74) is 3.54. The van der Waals surface area contributed by atoms with Crippen LogP contribution in [0.1, 0.15) is 24.6 Å². The first-order chi connectivity index (χ1) is 8.13. The zero-order chi connectivity index (χ0) is 12.4. The van der Waals surface area contributed by atoms with Gasteiger partial charge in [-0.1, -0.05) is 18.2 Å². The summed E-state index contributed by atoms with van der Waals surface area (Å²) in [5.74, 6) is -0.742. The molecule has 0 amide bonds. The Morgan fingerprint density at radius 2 is 2.18 bits per heavy atom. The van der Waals surface area contributed by atoms with Crippen LogP contribution in [0.5, 0.6) is 0 Å². The molecule has 2 aromatic rings. The van der Waals surface area contributed by atoms with Gasteiger partial charge in [0.25, 0.3) is 0 Å². The molecule has 0 atom stereocenters. The minimum Gasteiger partial charge on any atom is -0.481 e. The molecular weight excluding hydrogens is 214 g/mol. The van der Waals surface area contributed by atoms with Crippen LogP contribution in [0.2, 0.25) is 0 Å². The van der Waals surface area contributed by atoms with Gasteiger partial charge in [0.2, 0.25) is 0 Å². The van der Waals surface area contributed by atoms with Crippen LogP contribution in [0.4, 0.5) is 0 Å². The van der Waals surface area contributed by atoms with Gasteiger partial charge in [-0.3, -0.25) is 4.79 Å². The van der Waals surface area contributed by atoms with Gasteiger partial charge in [-0.05, 0) is 31.9 Å². The second-order valence-corrected chi connectivity index (χ2v) is 4.28. The highest BCUT2D eigenvalue weighted by Crippen LogP contribution is 2.24. The largest absolute Gasteiger partial charge is 0.481 e. The fourth-order valence-electron chi connectivity index (χ4n) is 2.39. The number of carboxylic acids is 1. The highest BCUT2D eigenvalue weighted by atomic mass is 16.4. The number of hydrogen-bond donors (Lipinski definition) is 1. The Morgan fingerprint density at radius 3 is 2.82 bits per heavy atom. The lowest BCUT2D eigenvalue weighted by Crippen LogP contribution is -2.02. The molecule has 1 aromatic heterocycles. The van der Waals surface area contributed by atoms with Crippen LogP contribution in [0.15, 0.2) is 24.3 Å². The molecule has 1 aromatic carbocycles. The van der Waals surface area contributed by atoms with Crippen molar-refractivity contribution < 1.29 is 9.90 Å². The number of fused-ring (bicyclic) bond motifs is 1. The van der Waals surface area contributed by atoms with E-state index in [-0.39, 0.29) is 6.42 Å². The van der Waals surface area contributed by atoms with Crippen molar-refractivity contribution in [2.24, 2.45) is 0 Å². The summed E-state index contributed by atoms with van der Waals surface area (Å²) in [5, 5.41) is 9.97. The van der Waals surface area contributed by atoms with E-state index in [1.54, 1.807) is 0 Å². The number of nitrogens with zero attached hydrogens (tertiary/aromatic N) is 1. The van der Waals surface area contributed by atoms with Gasteiger partial charge in [-0.15, -0.1) is 0 Å². The third kappa shape index (κ3) is 2.18. The Morgan fingerprint density at radius 1 is 1.41 bits per heavy atom. The molecule has 17 heavy (non-hydrogen) atoms. The quantitative estimate of drug-likeness (QED) is 0.879. The van der Waals surface area contributed by atoms with E-state index in [2.05, 4.69) is 30.5 Å². The molecule has 0 saturated carbocycles. The van der Waals surface area contributed by atoms with E-state index < -0.39 is 5.97 Å². The first-order valence-corrected chi connectivity index (χ1v) is 5.93. The maximum atomic E-state index is 10.7. The Balaban J connectivity index is 2.50. The molecule has 3 nitrogen and oxygen atoms in total. The van der Waals surface area contributed by atoms with Gasteiger partial charge in [0.1, 0.15) is 0 Å². The smallest absolute Gasteiger partial charge is 0.303 e. The van der Waals surface area contributed by atoms with Crippen LogP contribution in [0, 0.1) is 6.92 Å². The van der Waals surface area contributed by atoms with Crippen LogP contribution >= 0.6 is 0 Å². The molecule has 0 saturated heterocycles. The van der Waals surface area contributed by atoms with Crippen molar-refractivity contribution in [3.63, 3.8) is 0 Å². The Kier molecular flexibility index (Phi) is 3.18. The van der Waals surface area contributed by atoms with Crippen LogP contribution in [0.25, 0.3) is 10.9 Å². The minimum atomic E-state index is -0.742. The van der Waals surface area contributed by atoms with Crippen molar-refractivity contribution in [1.82, 2.24) is 4.57 Å². The highest BCUT2D eigenvalue weighted by molar-refractivity contribution is 5.85. The van der Waals surface area contributed by atoms with E-state index in [0.29, 0.717) is 6.42 Å². The average Bonchev–Trinajstić information content (AvgIpc) is 2.62. The van der Waals surface area contributed by atoms with Crippen molar-refractivity contribution >= 4 is 16.9 Å². The molecule has 2 rings (SSSR count). The Labute approximate surface area is 101 Å². The van der Waals surface area contributed by atoms with Crippen molar-refractivity contribution in [2.45, 2.75) is 33.2 Å². The average molecular weight is 231 g/mol. The van der Waals surface area contributed by atoms with Crippen LogP contribution in [-0.2, 0) is 17.8 Å². The molecule has 0 aliphatic heterocycles. The van der Waals surface area contributed by atoms with Crippen molar-refractivity contribution in [3.8, 4) is 0 Å². The van der Waals surface area contributed by atoms with E-state index in [9.17, 15) is 4.79 Å². The first-order valence-electron chi connectivity index (χ1n) is 5.93. The number of aromatic nitrogens is 1. The number of rotatable bonds is 4. The Bertz CT molecular complexity index is 555. The molecule has 0 bridgehead atoms. The van der Waals surface area contributed by atoms with Crippen molar-refractivity contribution in [2.75, 3.05) is 0 Å². The Hall–Kier alpha value is -1.77. The standard InChI is InChI=1S/C14H17NO2/c1-3-15-10(2)9-12-6-4-5-11(14(12)15)7-8-13(16)17/h4-6,9H,3,7-8H2,1-2H3,(H,16,17). The van der Waals surface area contributed by atoms with Gasteiger partial charge in [0.05, 0.1) is 5.52 Å². The molecule has 1 heterocycles. The summed E-state index contributed by atoms with van der Waals surface area (Å²) >= 11 is 0. The molecule has 0 fully saturated rings. The number of carboxylic acid groups (broad SMARTS) is 1. The number of aliphatic carboxylic acids is 1. The van der Waals surface area contributed by atoms with Gasteiger partial charge < -0.3 is 9.67 Å². The second kappa shape index (κ2) is 4.62. The maximum absolute atomic E-state index is 10.7. The van der Waals surface area contributed by atoms with E-state index in [4.69, 9.17) is 5.11 Å². The van der Waals surface area contributed by atoms with Crippen LogP contribution < -0.4 is 0 Å². The molecule has 1 N–H and O–H groups in total. The zero-order valence-electron chi connectivity index (χ0n) is 10.2. The number of aryl methyl sites for hydroxylation is 3. The van der Waals surface area contributed by atoms with Gasteiger partial charge in [0.15, 0.2) is 0 Å². The lowest BCUT2D eigenvalue weighted by molar-refractivity contribution is -0.136. The summed E-state index contributed by atoms with van der Waals surface area (Å²) in [6.45, 7) is 5.12. The number of hydrogen-bond acceptors (Lipinski definition) is 1. The number of para-hydroxylation sites is 1. The molecule has 0 radical (unpaired) electrons. The van der Waals surface area contributed by atoms with Crippen molar-refractivity contribution in [1.29, 1.82) is 0 Å². The second-order valence-electron chi connectivity index (χ2n) is 4.28.